The molecular weight excluding hydrogens is 344 g/mol. The molecule has 2 atom stereocenters. The van der Waals surface area contributed by atoms with Gasteiger partial charge in [0.2, 0.25) is 0 Å². The first-order valence-electron chi connectivity index (χ1n) is 10.4. The van der Waals surface area contributed by atoms with Crippen molar-refractivity contribution in [1.82, 2.24) is 0 Å². The van der Waals surface area contributed by atoms with Gasteiger partial charge in [-0.05, 0) is 72.2 Å². The molecule has 2 aromatic heterocycles. The summed E-state index contributed by atoms with van der Waals surface area (Å²) in [5.41, 5.74) is 6.47. The van der Waals surface area contributed by atoms with Crippen molar-refractivity contribution in [2.24, 2.45) is 0 Å². The maximum Gasteiger partial charge on any atom is 0.136 e. The first-order valence-corrected chi connectivity index (χ1v) is 10.4. The smallest absolute Gasteiger partial charge is 0.136 e. The van der Waals surface area contributed by atoms with Gasteiger partial charge in [-0.2, -0.15) is 0 Å². The zero-order valence-corrected chi connectivity index (χ0v) is 17.0. The monoisotopic (exact) mass is 370 g/mol. The van der Waals surface area contributed by atoms with E-state index in [9.17, 15) is 0 Å². The average molecular weight is 370 g/mol. The zero-order chi connectivity index (χ0) is 19.4. The van der Waals surface area contributed by atoms with Crippen LogP contribution in [0, 0.1) is 0 Å². The number of benzene rings is 3. The molecular formula is C26H26O2. The lowest BCUT2D eigenvalue weighted by Gasteiger charge is -2.08. The molecule has 0 radical (unpaired) electrons. The van der Waals surface area contributed by atoms with Gasteiger partial charge in [0.1, 0.15) is 22.3 Å². The van der Waals surface area contributed by atoms with Gasteiger partial charge < -0.3 is 8.83 Å². The molecule has 0 saturated carbocycles. The molecule has 0 aliphatic heterocycles. The number of hydrogen-bond acceptors (Lipinski definition) is 2. The minimum atomic E-state index is 0.545. The fourth-order valence-corrected chi connectivity index (χ4v) is 4.17. The van der Waals surface area contributed by atoms with E-state index < -0.39 is 0 Å². The van der Waals surface area contributed by atoms with Crippen LogP contribution in [0.3, 0.4) is 0 Å². The Morgan fingerprint density at radius 3 is 1.36 bits per heavy atom. The SMILES string of the molecule is CCC(C)c1ccc2oc3cc4c(cc3c2c1)oc1ccc(C(C)CC)cc14. The van der Waals surface area contributed by atoms with Crippen molar-refractivity contribution in [3.63, 3.8) is 0 Å². The fourth-order valence-electron chi connectivity index (χ4n) is 4.17. The predicted molar refractivity (Wildman–Crippen MR) is 118 cm³/mol. The first-order chi connectivity index (χ1) is 13.6. The van der Waals surface area contributed by atoms with E-state index in [2.05, 4.69) is 76.2 Å². The molecule has 2 heteroatoms. The summed E-state index contributed by atoms with van der Waals surface area (Å²) in [6, 6.07) is 17.5. The Balaban J connectivity index is 1.77. The van der Waals surface area contributed by atoms with Crippen LogP contribution in [0.25, 0.3) is 43.9 Å². The van der Waals surface area contributed by atoms with E-state index in [0.717, 1.165) is 45.9 Å². The van der Waals surface area contributed by atoms with Crippen LogP contribution in [0.1, 0.15) is 63.5 Å². The summed E-state index contributed by atoms with van der Waals surface area (Å²) in [5.74, 6) is 1.09. The molecule has 0 bridgehead atoms. The van der Waals surface area contributed by atoms with Crippen molar-refractivity contribution in [3.05, 3.63) is 59.7 Å². The third-order valence-corrected chi connectivity index (χ3v) is 6.47. The Bertz CT molecular complexity index is 1210. The summed E-state index contributed by atoms with van der Waals surface area (Å²) in [6.07, 6.45) is 2.27. The van der Waals surface area contributed by atoms with Crippen molar-refractivity contribution in [3.8, 4) is 0 Å². The normalized spacial score (nSPS) is 14.4. The molecule has 0 saturated heterocycles. The van der Waals surface area contributed by atoms with Gasteiger partial charge in [0.15, 0.2) is 0 Å². The molecule has 0 aliphatic rings. The molecule has 5 aromatic rings. The maximum absolute atomic E-state index is 6.20. The van der Waals surface area contributed by atoms with E-state index >= 15 is 0 Å². The van der Waals surface area contributed by atoms with Gasteiger partial charge >= 0.3 is 0 Å². The van der Waals surface area contributed by atoms with E-state index in [0.29, 0.717) is 11.8 Å². The molecule has 2 heterocycles. The molecule has 0 fully saturated rings. The third kappa shape index (κ3) is 2.55. The predicted octanol–water partition coefficient (Wildman–Crippen LogP) is 8.51. The highest BCUT2D eigenvalue weighted by atomic mass is 16.3. The Hall–Kier alpha value is -2.74. The summed E-state index contributed by atoms with van der Waals surface area (Å²) in [5, 5.41) is 4.62. The standard InChI is InChI=1S/C26H26O2/c1-5-15(3)17-7-9-23-19(11-17)21-13-26-22(14-25(21)27-23)20-12-18(16(4)6-2)8-10-24(20)28-26/h7-16H,5-6H2,1-4H3. The van der Waals surface area contributed by atoms with Gasteiger partial charge in [-0.15, -0.1) is 0 Å². The second-order valence-electron chi connectivity index (χ2n) is 8.18. The summed E-state index contributed by atoms with van der Waals surface area (Å²) >= 11 is 0. The lowest BCUT2D eigenvalue weighted by atomic mass is 9.96. The summed E-state index contributed by atoms with van der Waals surface area (Å²) in [4.78, 5) is 0. The minimum Gasteiger partial charge on any atom is -0.456 e. The van der Waals surface area contributed by atoms with Crippen LogP contribution in [0.5, 0.6) is 0 Å². The number of fused-ring (bicyclic) bond motifs is 6. The first kappa shape index (κ1) is 17.4. The summed E-state index contributed by atoms with van der Waals surface area (Å²) < 4.78 is 12.4. The second-order valence-corrected chi connectivity index (χ2v) is 8.18. The highest BCUT2D eigenvalue weighted by Crippen LogP contribution is 2.38. The van der Waals surface area contributed by atoms with E-state index in [4.69, 9.17) is 8.83 Å². The van der Waals surface area contributed by atoms with E-state index in [1.54, 1.807) is 0 Å². The van der Waals surface area contributed by atoms with Gasteiger partial charge in [-0.25, -0.2) is 0 Å². The van der Waals surface area contributed by atoms with E-state index in [1.807, 2.05) is 0 Å². The third-order valence-electron chi connectivity index (χ3n) is 6.47. The van der Waals surface area contributed by atoms with Crippen molar-refractivity contribution >= 4 is 43.9 Å². The molecule has 0 aliphatic carbocycles. The molecule has 28 heavy (non-hydrogen) atoms. The Kier molecular flexibility index (Phi) is 3.97. The Labute approximate surface area is 165 Å². The van der Waals surface area contributed by atoms with Crippen LogP contribution in [0.2, 0.25) is 0 Å². The van der Waals surface area contributed by atoms with Crippen LogP contribution in [0.4, 0.5) is 0 Å². The quantitative estimate of drug-likeness (QED) is 0.317. The molecule has 2 nitrogen and oxygen atoms in total. The van der Waals surface area contributed by atoms with Crippen LogP contribution in [-0.4, -0.2) is 0 Å². The lowest BCUT2D eigenvalue weighted by Crippen LogP contribution is -1.89. The molecule has 5 rings (SSSR count). The summed E-state index contributed by atoms with van der Waals surface area (Å²) in [7, 11) is 0. The molecule has 0 spiro atoms. The molecule has 2 unspecified atom stereocenters. The van der Waals surface area contributed by atoms with Crippen molar-refractivity contribution in [1.29, 1.82) is 0 Å². The zero-order valence-electron chi connectivity index (χ0n) is 17.0. The van der Waals surface area contributed by atoms with Gasteiger partial charge in [0.25, 0.3) is 0 Å². The number of hydrogen-bond donors (Lipinski definition) is 0. The van der Waals surface area contributed by atoms with Crippen LogP contribution in [0.15, 0.2) is 57.4 Å². The van der Waals surface area contributed by atoms with Crippen molar-refractivity contribution < 1.29 is 8.83 Å². The van der Waals surface area contributed by atoms with Crippen molar-refractivity contribution in [2.75, 3.05) is 0 Å². The topological polar surface area (TPSA) is 26.3 Å². The van der Waals surface area contributed by atoms with Gasteiger partial charge in [0, 0.05) is 21.5 Å². The highest BCUT2D eigenvalue weighted by molar-refractivity contribution is 6.14. The molecule has 3 aromatic carbocycles. The average Bonchev–Trinajstić information content (AvgIpc) is 3.27. The van der Waals surface area contributed by atoms with Crippen LogP contribution in [-0.2, 0) is 0 Å². The molecule has 0 amide bonds. The number of furan rings is 2. The van der Waals surface area contributed by atoms with Crippen molar-refractivity contribution in [2.45, 2.75) is 52.4 Å². The fraction of sp³-hybridized carbons (Fsp3) is 0.308. The number of rotatable bonds is 4. The van der Waals surface area contributed by atoms with Gasteiger partial charge in [0.05, 0.1) is 0 Å². The van der Waals surface area contributed by atoms with Crippen LogP contribution < -0.4 is 0 Å². The van der Waals surface area contributed by atoms with E-state index in [1.165, 1.54) is 21.9 Å². The largest absolute Gasteiger partial charge is 0.456 e. The Morgan fingerprint density at radius 2 is 0.964 bits per heavy atom. The maximum atomic E-state index is 6.20. The van der Waals surface area contributed by atoms with Gasteiger partial charge in [-0.1, -0.05) is 39.8 Å². The highest BCUT2D eigenvalue weighted by Gasteiger charge is 2.15. The summed E-state index contributed by atoms with van der Waals surface area (Å²) in [6.45, 7) is 9.01. The molecule has 142 valence electrons. The molecule has 0 N–H and O–H groups in total. The van der Waals surface area contributed by atoms with Crippen LogP contribution >= 0.6 is 0 Å². The minimum absolute atomic E-state index is 0.545. The second kappa shape index (κ2) is 6.41. The lowest BCUT2D eigenvalue weighted by molar-refractivity contribution is 0.663. The van der Waals surface area contributed by atoms with E-state index in [-0.39, 0.29) is 0 Å². The Morgan fingerprint density at radius 1 is 0.571 bits per heavy atom. The van der Waals surface area contributed by atoms with Gasteiger partial charge in [-0.3, -0.25) is 0 Å².